The molecule has 106 valence electrons. The fraction of sp³-hybridized carbons (Fsp3) is 0.0667. The van der Waals surface area contributed by atoms with E-state index in [1.54, 1.807) is 7.11 Å². The molecule has 0 fully saturated rings. The highest BCUT2D eigenvalue weighted by atomic mass is 32.1. The summed E-state index contributed by atoms with van der Waals surface area (Å²) >= 11 is 0.892. The Morgan fingerprint density at radius 2 is 2.14 bits per heavy atom. The van der Waals surface area contributed by atoms with Crippen LogP contribution in [-0.2, 0) is 0 Å². The SMILES string of the molecule is COc1ccc2cccc(-c3nsc(C(=O)O)c3N)c2c1. The van der Waals surface area contributed by atoms with Crippen molar-refractivity contribution in [3.8, 4) is 17.0 Å². The molecule has 0 bridgehead atoms. The average Bonchev–Trinajstić information content (AvgIpc) is 2.87. The van der Waals surface area contributed by atoms with Crippen LogP contribution in [0.4, 0.5) is 5.69 Å². The third-order valence-electron chi connectivity index (χ3n) is 3.27. The van der Waals surface area contributed by atoms with Gasteiger partial charge in [0.05, 0.1) is 12.8 Å². The summed E-state index contributed by atoms with van der Waals surface area (Å²) in [6, 6.07) is 11.4. The number of anilines is 1. The topological polar surface area (TPSA) is 85.4 Å². The molecule has 0 aliphatic heterocycles. The molecular weight excluding hydrogens is 288 g/mol. The molecule has 3 aromatic rings. The number of methoxy groups -OCH3 is 1. The first kappa shape index (κ1) is 13.4. The fourth-order valence-corrected chi connectivity index (χ4v) is 2.88. The summed E-state index contributed by atoms with van der Waals surface area (Å²) in [5.74, 6) is -0.337. The number of aromatic nitrogens is 1. The van der Waals surface area contributed by atoms with Crippen LogP contribution in [0.25, 0.3) is 22.0 Å². The predicted molar refractivity (Wildman–Crippen MR) is 83.0 cm³/mol. The Labute approximate surface area is 124 Å². The van der Waals surface area contributed by atoms with Crippen LogP contribution in [0.15, 0.2) is 36.4 Å². The van der Waals surface area contributed by atoms with Crippen LogP contribution >= 0.6 is 11.5 Å². The van der Waals surface area contributed by atoms with E-state index in [1.807, 2.05) is 36.4 Å². The van der Waals surface area contributed by atoms with Gasteiger partial charge in [0, 0.05) is 5.56 Å². The van der Waals surface area contributed by atoms with E-state index in [4.69, 9.17) is 15.6 Å². The van der Waals surface area contributed by atoms with Crippen molar-refractivity contribution in [2.75, 3.05) is 12.8 Å². The zero-order chi connectivity index (χ0) is 15.0. The third-order valence-corrected chi connectivity index (χ3v) is 4.12. The smallest absolute Gasteiger partial charge is 0.349 e. The molecule has 0 spiro atoms. The molecule has 3 N–H and O–H groups in total. The van der Waals surface area contributed by atoms with Crippen molar-refractivity contribution < 1.29 is 14.6 Å². The highest BCUT2D eigenvalue weighted by Gasteiger charge is 2.19. The second-order valence-corrected chi connectivity index (χ2v) is 5.25. The second kappa shape index (κ2) is 5.06. The van der Waals surface area contributed by atoms with Crippen LogP contribution in [0, 0.1) is 0 Å². The Morgan fingerprint density at radius 3 is 2.81 bits per heavy atom. The van der Waals surface area contributed by atoms with Crippen molar-refractivity contribution >= 4 is 34.0 Å². The van der Waals surface area contributed by atoms with Gasteiger partial charge in [0.15, 0.2) is 4.88 Å². The summed E-state index contributed by atoms with van der Waals surface area (Å²) in [7, 11) is 1.60. The third kappa shape index (κ3) is 2.19. The van der Waals surface area contributed by atoms with Gasteiger partial charge in [-0.2, -0.15) is 4.37 Å². The largest absolute Gasteiger partial charge is 0.497 e. The van der Waals surface area contributed by atoms with Gasteiger partial charge in [0.25, 0.3) is 0 Å². The molecular formula is C15H12N2O3S. The summed E-state index contributed by atoms with van der Waals surface area (Å²) in [6.45, 7) is 0. The minimum atomic E-state index is -1.06. The molecule has 5 nitrogen and oxygen atoms in total. The average molecular weight is 300 g/mol. The van der Waals surface area contributed by atoms with Gasteiger partial charge in [-0.05, 0) is 34.4 Å². The van der Waals surface area contributed by atoms with Gasteiger partial charge < -0.3 is 15.6 Å². The molecule has 2 aromatic carbocycles. The summed E-state index contributed by atoms with van der Waals surface area (Å²) in [5.41, 5.74) is 7.43. The number of nitrogen functional groups attached to an aromatic ring is 1. The van der Waals surface area contributed by atoms with Gasteiger partial charge in [-0.3, -0.25) is 0 Å². The Kier molecular flexibility index (Phi) is 3.23. The Morgan fingerprint density at radius 1 is 1.33 bits per heavy atom. The number of carboxylic acids is 1. The number of carbonyl (C=O) groups is 1. The Balaban J connectivity index is 2.27. The number of nitrogens with zero attached hydrogens (tertiary/aromatic N) is 1. The van der Waals surface area contributed by atoms with Crippen molar-refractivity contribution in [3.63, 3.8) is 0 Å². The second-order valence-electron chi connectivity index (χ2n) is 4.47. The van der Waals surface area contributed by atoms with E-state index in [0.29, 0.717) is 5.69 Å². The number of aromatic carboxylic acids is 1. The number of fused-ring (bicyclic) bond motifs is 1. The first-order valence-corrected chi connectivity index (χ1v) is 6.94. The maximum absolute atomic E-state index is 11.1. The molecule has 6 heteroatoms. The molecule has 0 aliphatic carbocycles. The highest BCUT2D eigenvalue weighted by molar-refractivity contribution is 7.09. The van der Waals surface area contributed by atoms with Crippen molar-refractivity contribution in [1.29, 1.82) is 0 Å². The van der Waals surface area contributed by atoms with Gasteiger partial charge in [-0.25, -0.2) is 4.79 Å². The quantitative estimate of drug-likeness (QED) is 0.775. The molecule has 0 saturated heterocycles. The monoisotopic (exact) mass is 300 g/mol. The number of ether oxygens (including phenoxy) is 1. The van der Waals surface area contributed by atoms with Crippen LogP contribution in [-0.4, -0.2) is 22.6 Å². The zero-order valence-electron chi connectivity index (χ0n) is 11.2. The van der Waals surface area contributed by atoms with Gasteiger partial charge in [-0.15, -0.1) is 0 Å². The van der Waals surface area contributed by atoms with Crippen LogP contribution < -0.4 is 10.5 Å². The summed E-state index contributed by atoms with van der Waals surface area (Å²) in [6.07, 6.45) is 0. The lowest BCUT2D eigenvalue weighted by Gasteiger charge is -2.07. The molecule has 0 unspecified atom stereocenters. The molecule has 0 aliphatic rings. The van der Waals surface area contributed by atoms with Gasteiger partial charge in [0.2, 0.25) is 0 Å². The molecule has 1 aromatic heterocycles. The minimum absolute atomic E-state index is 0.0601. The number of benzene rings is 2. The number of nitrogens with two attached hydrogens (primary N) is 1. The molecule has 0 radical (unpaired) electrons. The maximum atomic E-state index is 11.1. The normalized spacial score (nSPS) is 10.7. The van der Waals surface area contributed by atoms with Crippen molar-refractivity contribution in [1.82, 2.24) is 4.37 Å². The van der Waals surface area contributed by atoms with E-state index < -0.39 is 5.97 Å². The van der Waals surface area contributed by atoms with Crippen LogP contribution in [0.3, 0.4) is 0 Å². The molecule has 1 heterocycles. The summed E-state index contributed by atoms with van der Waals surface area (Å²) in [4.78, 5) is 11.2. The van der Waals surface area contributed by atoms with E-state index in [-0.39, 0.29) is 10.6 Å². The van der Waals surface area contributed by atoms with Crippen molar-refractivity contribution in [2.24, 2.45) is 0 Å². The predicted octanol–water partition coefficient (Wildman–Crippen LogP) is 3.25. The lowest BCUT2D eigenvalue weighted by Crippen LogP contribution is -1.98. The molecule has 0 saturated carbocycles. The van der Waals surface area contributed by atoms with E-state index in [1.165, 1.54) is 0 Å². The van der Waals surface area contributed by atoms with Crippen molar-refractivity contribution in [3.05, 3.63) is 41.3 Å². The number of hydrogen-bond donors (Lipinski definition) is 2. The van der Waals surface area contributed by atoms with Crippen LogP contribution in [0.1, 0.15) is 9.67 Å². The highest BCUT2D eigenvalue weighted by Crippen LogP contribution is 2.36. The molecule has 0 amide bonds. The Hall–Kier alpha value is -2.60. The fourth-order valence-electron chi connectivity index (χ4n) is 2.23. The molecule has 0 atom stereocenters. The van der Waals surface area contributed by atoms with E-state index in [0.717, 1.165) is 33.6 Å². The van der Waals surface area contributed by atoms with Crippen LogP contribution in [0.2, 0.25) is 0 Å². The summed E-state index contributed by atoms with van der Waals surface area (Å²) < 4.78 is 9.45. The number of rotatable bonds is 3. The van der Waals surface area contributed by atoms with E-state index in [9.17, 15) is 4.79 Å². The van der Waals surface area contributed by atoms with Gasteiger partial charge in [0.1, 0.15) is 11.4 Å². The number of hydrogen-bond acceptors (Lipinski definition) is 5. The van der Waals surface area contributed by atoms with Gasteiger partial charge in [-0.1, -0.05) is 24.3 Å². The summed E-state index contributed by atoms with van der Waals surface area (Å²) in [5, 5.41) is 11.0. The van der Waals surface area contributed by atoms with E-state index in [2.05, 4.69) is 4.37 Å². The first-order chi connectivity index (χ1) is 10.1. The minimum Gasteiger partial charge on any atom is -0.497 e. The van der Waals surface area contributed by atoms with Crippen LogP contribution in [0.5, 0.6) is 5.75 Å². The lowest BCUT2D eigenvalue weighted by atomic mass is 10.0. The lowest BCUT2D eigenvalue weighted by molar-refractivity contribution is 0.0703. The number of carboxylic acid groups (broad SMARTS) is 1. The standard InChI is InChI=1S/C15H12N2O3S/c1-20-9-6-5-8-3-2-4-10(11(8)7-9)13-12(16)14(15(18)19)21-17-13/h2-7H,16H2,1H3,(H,18,19). The van der Waals surface area contributed by atoms with Gasteiger partial charge >= 0.3 is 5.97 Å². The van der Waals surface area contributed by atoms with E-state index >= 15 is 0 Å². The zero-order valence-corrected chi connectivity index (χ0v) is 12.0. The Bertz CT molecular complexity index is 842. The molecule has 3 rings (SSSR count). The maximum Gasteiger partial charge on any atom is 0.349 e. The van der Waals surface area contributed by atoms with Crippen molar-refractivity contribution in [2.45, 2.75) is 0 Å². The first-order valence-electron chi connectivity index (χ1n) is 6.17. The molecule has 21 heavy (non-hydrogen) atoms.